The number of unbranched alkanes of at least 4 members (excludes halogenated alkanes) is 1. The van der Waals surface area contributed by atoms with Crippen molar-refractivity contribution in [3.05, 3.63) is 90.0 Å². The van der Waals surface area contributed by atoms with Crippen molar-refractivity contribution in [1.82, 2.24) is 19.9 Å². The Kier molecular flexibility index (Phi) is 7.69. The lowest BCUT2D eigenvalue weighted by atomic mass is 10.2. The van der Waals surface area contributed by atoms with E-state index in [2.05, 4.69) is 52.1 Å². The minimum atomic E-state index is -0.0924. The summed E-state index contributed by atoms with van der Waals surface area (Å²) < 4.78 is 8.18. The minimum absolute atomic E-state index is 0.0924. The SMILES string of the molecule is Cc1ccc(OCCCCn2c(CCCNC(=O)c3cccnc3)nc3ccccc32)cc1. The van der Waals surface area contributed by atoms with Crippen molar-refractivity contribution >= 4 is 16.9 Å². The maximum Gasteiger partial charge on any atom is 0.252 e. The van der Waals surface area contributed by atoms with Gasteiger partial charge in [0.05, 0.1) is 23.2 Å². The predicted molar refractivity (Wildman–Crippen MR) is 131 cm³/mol. The van der Waals surface area contributed by atoms with Crippen molar-refractivity contribution in [2.24, 2.45) is 0 Å². The van der Waals surface area contributed by atoms with E-state index >= 15 is 0 Å². The van der Waals surface area contributed by atoms with Crippen LogP contribution in [0.1, 0.15) is 41.0 Å². The highest BCUT2D eigenvalue weighted by Gasteiger charge is 2.11. The van der Waals surface area contributed by atoms with Crippen LogP contribution in [-0.2, 0) is 13.0 Å². The van der Waals surface area contributed by atoms with Gasteiger partial charge in [0.2, 0.25) is 0 Å². The molecule has 0 spiro atoms. The van der Waals surface area contributed by atoms with Crippen LogP contribution in [0.25, 0.3) is 11.0 Å². The van der Waals surface area contributed by atoms with Gasteiger partial charge in [-0.25, -0.2) is 4.98 Å². The minimum Gasteiger partial charge on any atom is -0.494 e. The highest BCUT2D eigenvalue weighted by molar-refractivity contribution is 5.93. The number of fused-ring (bicyclic) bond motifs is 1. The zero-order chi connectivity index (χ0) is 22.9. The van der Waals surface area contributed by atoms with E-state index in [-0.39, 0.29) is 5.91 Å². The third-order valence-electron chi connectivity index (χ3n) is 5.59. The molecule has 1 amide bonds. The number of benzene rings is 2. The first-order valence-electron chi connectivity index (χ1n) is 11.5. The fraction of sp³-hybridized carbons (Fsp3) is 0.296. The van der Waals surface area contributed by atoms with Gasteiger partial charge in [0.15, 0.2) is 0 Å². The Balaban J connectivity index is 1.28. The van der Waals surface area contributed by atoms with Crippen LogP contribution in [-0.4, -0.2) is 33.6 Å². The molecule has 0 atom stereocenters. The first-order valence-corrected chi connectivity index (χ1v) is 11.5. The first kappa shape index (κ1) is 22.5. The molecule has 33 heavy (non-hydrogen) atoms. The maximum atomic E-state index is 12.2. The average molecular weight is 443 g/mol. The van der Waals surface area contributed by atoms with E-state index < -0.39 is 0 Å². The van der Waals surface area contributed by atoms with Crippen molar-refractivity contribution in [2.45, 2.75) is 39.2 Å². The number of nitrogens with zero attached hydrogens (tertiary/aromatic N) is 3. The molecule has 0 unspecified atom stereocenters. The van der Waals surface area contributed by atoms with Gasteiger partial charge in [-0.2, -0.15) is 0 Å². The fourth-order valence-corrected chi connectivity index (χ4v) is 3.81. The number of hydrogen-bond donors (Lipinski definition) is 1. The van der Waals surface area contributed by atoms with Gasteiger partial charge < -0.3 is 14.6 Å². The Morgan fingerprint density at radius 1 is 1.00 bits per heavy atom. The normalized spacial score (nSPS) is 10.9. The molecule has 2 aromatic carbocycles. The number of carbonyl (C=O) groups excluding carboxylic acids is 1. The molecule has 0 saturated carbocycles. The quantitative estimate of drug-likeness (QED) is 0.333. The summed E-state index contributed by atoms with van der Waals surface area (Å²) in [4.78, 5) is 21.0. The average Bonchev–Trinajstić information content (AvgIpc) is 3.20. The van der Waals surface area contributed by atoms with Crippen LogP contribution in [0.3, 0.4) is 0 Å². The van der Waals surface area contributed by atoms with Crippen molar-refractivity contribution < 1.29 is 9.53 Å². The number of rotatable bonds is 11. The van der Waals surface area contributed by atoms with Gasteiger partial charge in [-0.15, -0.1) is 0 Å². The molecule has 0 fully saturated rings. The van der Waals surface area contributed by atoms with Crippen LogP contribution >= 0.6 is 0 Å². The molecule has 0 bridgehead atoms. The lowest BCUT2D eigenvalue weighted by molar-refractivity contribution is 0.0952. The van der Waals surface area contributed by atoms with E-state index in [0.717, 1.165) is 54.8 Å². The summed E-state index contributed by atoms with van der Waals surface area (Å²) in [6.45, 7) is 4.27. The summed E-state index contributed by atoms with van der Waals surface area (Å²) in [6, 6.07) is 20.0. The molecule has 6 heteroatoms. The number of aryl methyl sites for hydroxylation is 3. The molecule has 0 aliphatic carbocycles. The Labute approximate surface area is 194 Å². The lowest BCUT2D eigenvalue weighted by Gasteiger charge is -2.11. The predicted octanol–water partition coefficient (Wildman–Crippen LogP) is 4.96. The Morgan fingerprint density at radius 2 is 1.85 bits per heavy atom. The summed E-state index contributed by atoms with van der Waals surface area (Å²) in [5, 5.41) is 2.97. The third kappa shape index (κ3) is 6.19. The number of carbonyl (C=O) groups is 1. The number of nitrogens with one attached hydrogen (secondary N) is 1. The van der Waals surface area contributed by atoms with Gasteiger partial charge in [0.1, 0.15) is 11.6 Å². The molecule has 6 nitrogen and oxygen atoms in total. The first-order chi connectivity index (χ1) is 16.2. The molecule has 0 radical (unpaired) electrons. The molecule has 0 saturated heterocycles. The van der Waals surface area contributed by atoms with E-state index in [1.807, 2.05) is 18.2 Å². The lowest BCUT2D eigenvalue weighted by Crippen LogP contribution is -2.25. The van der Waals surface area contributed by atoms with Gasteiger partial charge in [-0.05, 0) is 62.6 Å². The van der Waals surface area contributed by atoms with Crippen LogP contribution in [0.5, 0.6) is 5.75 Å². The van der Waals surface area contributed by atoms with Crippen LogP contribution in [0, 0.1) is 6.92 Å². The topological polar surface area (TPSA) is 69.0 Å². The molecule has 1 N–H and O–H groups in total. The second-order valence-electron chi connectivity index (χ2n) is 8.14. The maximum absolute atomic E-state index is 12.2. The second-order valence-corrected chi connectivity index (χ2v) is 8.14. The number of ether oxygens (including phenoxy) is 1. The monoisotopic (exact) mass is 442 g/mol. The molecular formula is C27H30N4O2. The highest BCUT2D eigenvalue weighted by atomic mass is 16.5. The largest absolute Gasteiger partial charge is 0.494 e. The van der Waals surface area contributed by atoms with Crippen LogP contribution in [0.4, 0.5) is 0 Å². The van der Waals surface area contributed by atoms with Gasteiger partial charge in [0, 0.05) is 31.9 Å². The van der Waals surface area contributed by atoms with E-state index in [0.29, 0.717) is 18.7 Å². The van der Waals surface area contributed by atoms with Crippen molar-refractivity contribution in [3.63, 3.8) is 0 Å². The third-order valence-corrected chi connectivity index (χ3v) is 5.59. The van der Waals surface area contributed by atoms with E-state index in [1.165, 1.54) is 5.56 Å². The Hall–Kier alpha value is -3.67. The smallest absolute Gasteiger partial charge is 0.252 e. The Bertz CT molecular complexity index is 1170. The number of aromatic nitrogens is 3. The zero-order valence-electron chi connectivity index (χ0n) is 19.0. The van der Waals surface area contributed by atoms with Gasteiger partial charge in [-0.1, -0.05) is 29.8 Å². The highest BCUT2D eigenvalue weighted by Crippen LogP contribution is 2.18. The number of para-hydroxylation sites is 2. The summed E-state index contributed by atoms with van der Waals surface area (Å²) in [7, 11) is 0. The van der Waals surface area contributed by atoms with Gasteiger partial charge in [-0.3, -0.25) is 9.78 Å². The molecule has 0 aliphatic heterocycles. The van der Waals surface area contributed by atoms with Gasteiger partial charge in [0.25, 0.3) is 5.91 Å². The van der Waals surface area contributed by atoms with Crippen LogP contribution in [0.15, 0.2) is 73.1 Å². The number of pyridine rings is 1. The number of amides is 1. The fourth-order valence-electron chi connectivity index (χ4n) is 3.81. The molecule has 0 aliphatic rings. The summed E-state index contributed by atoms with van der Waals surface area (Å²) >= 11 is 0. The van der Waals surface area contributed by atoms with Crippen molar-refractivity contribution in [2.75, 3.05) is 13.2 Å². The zero-order valence-corrected chi connectivity index (χ0v) is 19.0. The number of imidazole rings is 1. The summed E-state index contributed by atoms with van der Waals surface area (Å²) in [6.07, 6.45) is 6.86. The molecule has 4 aromatic rings. The number of hydrogen-bond acceptors (Lipinski definition) is 4. The Morgan fingerprint density at radius 3 is 2.67 bits per heavy atom. The van der Waals surface area contributed by atoms with Crippen molar-refractivity contribution in [1.29, 1.82) is 0 Å². The van der Waals surface area contributed by atoms with E-state index in [4.69, 9.17) is 9.72 Å². The van der Waals surface area contributed by atoms with Crippen LogP contribution < -0.4 is 10.1 Å². The van der Waals surface area contributed by atoms with Crippen molar-refractivity contribution in [3.8, 4) is 5.75 Å². The van der Waals surface area contributed by atoms with E-state index in [9.17, 15) is 4.79 Å². The molecule has 2 heterocycles. The summed E-state index contributed by atoms with van der Waals surface area (Å²) in [5.41, 5.74) is 3.99. The standard InChI is InChI=1S/C27H30N4O2/c1-21-12-14-23(15-13-21)33-19-5-4-18-31-25-10-3-2-9-24(25)30-26(31)11-7-17-29-27(32)22-8-6-16-28-20-22/h2-3,6,8-10,12-16,20H,4-5,7,11,17-19H2,1H3,(H,29,32). The summed E-state index contributed by atoms with van der Waals surface area (Å²) in [5.74, 6) is 1.89. The van der Waals surface area contributed by atoms with Crippen LogP contribution in [0.2, 0.25) is 0 Å². The molecule has 2 aromatic heterocycles. The second kappa shape index (κ2) is 11.3. The van der Waals surface area contributed by atoms with Gasteiger partial charge >= 0.3 is 0 Å². The van der Waals surface area contributed by atoms with E-state index in [1.54, 1.807) is 24.5 Å². The molecular weight excluding hydrogens is 412 g/mol. The molecule has 4 rings (SSSR count). The molecule has 170 valence electrons.